The summed E-state index contributed by atoms with van der Waals surface area (Å²) in [5, 5.41) is 8.68. The van der Waals surface area contributed by atoms with Gasteiger partial charge in [-0.2, -0.15) is 0 Å². The fourth-order valence-corrected chi connectivity index (χ4v) is 1.98. The van der Waals surface area contributed by atoms with Gasteiger partial charge in [0.2, 0.25) is 5.91 Å². The maximum atomic E-state index is 11.1. The molecule has 4 nitrogen and oxygen atoms in total. The first-order valence-electron chi connectivity index (χ1n) is 5.16. The lowest BCUT2D eigenvalue weighted by Gasteiger charge is -2.08. The normalized spacial score (nSPS) is 12.5. The molecule has 15 heavy (non-hydrogen) atoms. The second kappa shape index (κ2) is 5.82. The first kappa shape index (κ1) is 12.1. The van der Waals surface area contributed by atoms with E-state index in [2.05, 4.69) is 29.5 Å². The molecule has 0 aliphatic carbocycles. The Kier molecular flexibility index (Phi) is 4.71. The summed E-state index contributed by atoms with van der Waals surface area (Å²) >= 11 is 1.46. The number of thiazole rings is 1. The molecule has 5 heteroatoms. The van der Waals surface area contributed by atoms with Gasteiger partial charge >= 0.3 is 0 Å². The second-order valence-corrected chi connectivity index (χ2v) is 4.12. The highest BCUT2D eigenvalue weighted by Gasteiger charge is 2.09. The van der Waals surface area contributed by atoms with Gasteiger partial charge in [-0.1, -0.05) is 13.8 Å². The molecule has 1 heterocycles. The van der Waals surface area contributed by atoms with Gasteiger partial charge in [0.05, 0.1) is 5.69 Å². The third kappa shape index (κ3) is 3.60. The number of hydrogen-bond donors (Lipinski definition) is 2. The van der Waals surface area contributed by atoms with Crippen molar-refractivity contribution >= 4 is 22.4 Å². The molecule has 1 aromatic heterocycles. The van der Waals surface area contributed by atoms with Gasteiger partial charge in [0.25, 0.3) is 0 Å². The molecule has 1 amide bonds. The molecule has 0 aliphatic heterocycles. The third-order valence-corrected chi connectivity index (χ3v) is 2.82. The Morgan fingerprint density at radius 3 is 2.93 bits per heavy atom. The molecular formula is C10H17N3OS. The van der Waals surface area contributed by atoms with E-state index in [1.807, 2.05) is 12.3 Å². The van der Waals surface area contributed by atoms with Gasteiger partial charge < -0.3 is 10.6 Å². The zero-order valence-corrected chi connectivity index (χ0v) is 10.1. The summed E-state index contributed by atoms with van der Waals surface area (Å²) in [6, 6.07) is 0.235. The van der Waals surface area contributed by atoms with Crippen LogP contribution < -0.4 is 10.6 Å². The number of carbonyl (C=O) groups excluding carboxylic acids is 1. The van der Waals surface area contributed by atoms with E-state index in [1.54, 1.807) is 0 Å². The van der Waals surface area contributed by atoms with Gasteiger partial charge in [0, 0.05) is 17.8 Å². The van der Waals surface area contributed by atoms with E-state index in [1.165, 1.54) is 11.3 Å². The average Bonchev–Trinajstić information content (AvgIpc) is 2.66. The molecule has 0 saturated carbocycles. The standard InChI is InChI=1S/C10H17N3OS/c1-4-9(14)13-10-12-8(6-15-10)7(3)11-5-2/h6-7,11H,4-5H2,1-3H3,(H,12,13,14). The van der Waals surface area contributed by atoms with Crippen molar-refractivity contribution in [2.75, 3.05) is 11.9 Å². The van der Waals surface area contributed by atoms with Gasteiger partial charge in [0.15, 0.2) is 5.13 Å². The number of aromatic nitrogens is 1. The third-order valence-electron chi connectivity index (χ3n) is 2.04. The predicted molar refractivity (Wildman–Crippen MR) is 63.1 cm³/mol. The van der Waals surface area contributed by atoms with Crippen LogP contribution in [0.3, 0.4) is 0 Å². The summed E-state index contributed by atoms with van der Waals surface area (Å²) in [5.41, 5.74) is 0.980. The molecule has 2 N–H and O–H groups in total. The van der Waals surface area contributed by atoms with Crippen LogP contribution in [0.25, 0.3) is 0 Å². The van der Waals surface area contributed by atoms with Crippen LogP contribution in [0.5, 0.6) is 0 Å². The van der Waals surface area contributed by atoms with Crippen LogP contribution in [0.15, 0.2) is 5.38 Å². The van der Waals surface area contributed by atoms with Crippen LogP contribution in [0.2, 0.25) is 0 Å². The Bertz CT molecular complexity index is 324. The predicted octanol–water partition coefficient (Wildman–Crippen LogP) is 2.16. The van der Waals surface area contributed by atoms with Crippen molar-refractivity contribution < 1.29 is 4.79 Å². The maximum Gasteiger partial charge on any atom is 0.225 e. The molecule has 0 saturated heterocycles. The molecule has 1 rings (SSSR count). The monoisotopic (exact) mass is 227 g/mol. The molecule has 0 aliphatic rings. The van der Waals surface area contributed by atoms with E-state index in [0.717, 1.165) is 12.2 Å². The van der Waals surface area contributed by atoms with Crippen LogP contribution in [-0.4, -0.2) is 17.4 Å². The van der Waals surface area contributed by atoms with E-state index in [9.17, 15) is 4.79 Å². The molecule has 1 aromatic rings. The van der Waals surface area contributed by atoms with Crippen molar-refractivity contribution in [1.29, 1.82) is 0 Å². The lowest BCUT2D eigenvalue weighted by Crippen LogP contribution is -2.18. The molecule has 0 fully saturated rings. The number of nitrogens with one attached hydrogen (secondary N) is 2. The van der Waals surface area contributed by atoms with Crippen LogP contribution in [0.4, 0.5) is 5.13 Å². The molecule has 0 spiro atoms. The Labute approximate surface area is 94.1 Å². The molecule has 0 bridgehead atoms. The quantitative estimate of drug-likeness (QED) is 0.810. The number of carbonyl (C=O) groups is 1. The molecule has 84 valence electrons. The molecule has 0 aromatic carbocycles. The topological polar surface area (TPSA) is 54.0 Å². The summed E-state index contributed by atoms with van der Waals surface area (Å²) in [6.45, 7) is 6.85. The first-order valence-corrected chi connectivity index (χ1v) is 6.04. The average molecular weight is 227 g/mol. The minimum absolute atomic E-state index is 0.00648. The molecule has 1 atom stereocenters. The van der Waals surface area contributed by atoms with E-state index in [4.69, 9.17) is 0 Å². The molecular weight excluding hydrogens is 210 g/mol. The van der Waals surface area contributed by atoms with E-state index in [0.29, 0.717) is 11.6 Å². The van der Waals surface area contributed by atoms with Gasteiger partial charge in [-0.3, -0.25) is 4.79 Å². The summed E-state index contributed by atoms with van der Waals surface area (Å²) in [5.74, 6) is 0.00648. The number of nitrogens with zero attached hydrogens (tertiary/aromatic N) is 1. The van der Waals surface area contributed by atoms with Gasteiger partial charge in [0.1, 0.15) is 0 Å². The van der Waals surface area contributed by atoms with Crippen LogP contribution in [-0.2, 0) is 4.79 Å². The fourth-order valence-electron chi connectivity index (χ4n) is 1.16. The molecule has 1 unspecified atom stereocenters. The van der Waals surface area contributed by atoms with Gasteiger partial charge in [-0.05, 0) is 13.5 Å². The van der Waals surface area contributed by atoms with Crippen molar-refractivity contribution in [3.8, 4) is 0 Å². The number of amides is 1. The van der Waals surface area contributed by atoms with Crippen molar-refractivity contribution in [3.05, 3.63) is 11.1 Å². The highest BCUT2D eigenvalue weighted by atomic mass is 32.1. The van der Waals surface area contributed by atoms with E-state index >= 15 is 0 Å². The largest absolute Gasteiger partial charge is 0.309 e. The SMILES string of the molecule is CCNC(C)c1csc(NC(=O)CC)n1. The van der Waals surface area contributed by atoms with Crippen molar-refractivity contribution in [3.63, 3.8) is 0 Å². The molecule has 0 radical (unpaired) electrons. The lowest BCUT2D eigenvalue weighted by atomic mass is 10.3. The Hall–Kier alpha value is -0.940. The van der Waals surface area contributed by atoms with Crippen LogP contribution in [0.1, 0.15) is 38.9 Å². The van der Waals surface area contributed by atoms with Crippen molar-refractivity contribution in [1.82, 2.24) is 10.3 Å². The maximum absolute atomic E-state index is 11.1. The highest BCUT2D eigenvalue weighted by molar-refractivity contribution is 7.13. The zero-order valence-electron chi connectivity index (χ0n) is 9.33. The number of rotatable bonds is 5. The Morgan fingerprint density at radius 2 is 2.33 bits per heavy atom. The summed E-state index contributed by atoms with van der Waals surface area (Å²) < 4.78 is 0. The van der Waals surface area contributed by atoms with Crippen molar-refractivity contribution in [2.45, 2.75) is 33.2 Å². The second-order valence-electron chi connectivity index (χ2n) is 3.26. The Morgan fingerprint density at radius 1 is 1.60 bits per heavy atom. The van der Waals surface area contributed by atoms with E-state index in [-0.39, 0.29) is 11.9 Å². The smallest absolute Gasteiger partial charge is 0.225 e. The minimum Gasteiger partial charge on any atom is -0.309 e. The zero-order chi connectivity index (χ0) is 11.3. The first-order chi connectivity index (χ1) is 7.17. The fraction of sp³-hybridized carbons (Fsp3) is 0.600. The van der Waals surface area contributed by atoms with Crippen LogP contribution >= 0.6 is 11.3 Å². The van der Waals surface area contributed by atoms with E-state index < -0.39 is 0 Å². The summed E-state index contributed by atoms with van der Waals surface area (Å²) in [7, 11) is 0. The highest BCUT2D eigenvalue weighted by Crippen LogP contribution is 2.20. The summed E-state index contributed by atoms with van der Waals surface area (Å²) in [6.07, 6.45) is 0.484. The number of hydrogen-bond acceptors (Lipinski definition) is 4. The summed E-state index contributed by atoms with van der Waals surface area (Å²) in [4.78, 5) is 15.5. The van der Waals surface area contributed by atoms with Gasteiger partial charge in [-0.25, -0.2) is 4.98 Å². The lowest BCUT2D eigenvalue weighted by molar-refractivity contribution is -0.115. The van der Waals surface area contributed by atoms with Crippen LogP contribution in [0, 0.1) is 0 Å². The van der Waals surface area contributed by atoms with Crippen molar-refractivity contribution in [2.24, 2.45) is 0 Å². The number of anilines is 1. The van der Waals surface area contributed by atoms with Gasteiger partial charge in [-0.15, -0.1) is 11.3 Å². The minimum atomic E-state index is 0.00648. The Balaban J connectivity index is 2.59.